The minimum atomic E-state index is -0.415. The number of hydrogen-bond acceptors (Lipinski definition) is 8. The first-order valence-electron chi connectivity index (χ1n) is 11.2. The van der Waals surface area contributed by atoms with Crippen LogP contribution in [0.25, 0.3) is 5.82 Å². The molecule has 0 saturated carbocycles. The molecule has 0 atom stereocenters. The van der Waals surface area contributed by atoms with Crippen LogP contribution >= 0.6 is 0 Å². The third-order valence-electron chi connectivity index (χ3n) is 5.82. The molecule has 0 unspecified atom stereocenters. The molecule has 10 nitrogen and oxygen atoms in total. The molecule has 0 radical (unpaired) electrons. The van der Waals surface area contributed by atoms with Gasteiger partial charge in [-0.15, -0.1) is 10.2 Å². The molecule has 1 saturated heterocycles. The van der Waals surface area contributed by atoms with Gasteiger partial charge >= 0.3 is 5.97 Å². The standard InChI is InChI=1S/C24H28N6O4/c1-16-20(8-11-23(31)25-19-6-4-18(5-7-19)24(32)33-3)17(2)30(28-16)22-10-9-21(26-27-22)29-12-14-34-15-13-29/h4-7,9-10H,8,11-15H2,1-3H3,(H,25,31). The van der Waals surface area contributed by atoms with Crippen LogP contribution in [0, 0.1) is 13.8 Å². The van der Waals surface area contributed by atoms with Crippen LogP contribution in [0.5, 0.6) is 0 Å². The Morgan fingerprint density at radius 3 is 2.35 bits per heavy atom. The van der Waals surface area contributed by atoms with Gasteiger partial charge in [-0.3, -0.25) is 4.79 Å². The normalized spacial score (nSPS) is 13.6. The monoisotopic (exact) mass is 464 g/mol. The maximum Gasteiger partial charge on any atom is 0.337 e. The summed E-state index contributed by atoms with van der Waals surface area (Å²) < 4.78 is 11.8. The van der Waals surface area contributed by atoms with Crippen molar-refractivity contribution in [3.05, 3.63) is 58.9 Å². The van der Waals surface area contributed by atoms with E-state index in [1.807, 2.05) is 26.0 Å². The van der Waals surface area contributed by atoms with E-state index in [1.54, 1.807) is 28.9 Å². The second kappa shape index (κ2) is 10.4. The van der Waals surface area contributed by atoms with Crippen LogP contribution in [0.2, 0.25) is 0 Å². The maximum atomic E-state index is 12.5. The number of aryl methyl sites for hydroxylation is 1. The molecule has 1 amide bonds. The molecular formula is C24H28N6O4. The number of ether oxygens (including phenoxy) is 2. The van der Waals surface area contributed by atoms with Gasteiger partial charge in [-0.2, -0.15) is 5.10 Å². The Morgan fingerprint density at radius 1 is 1.03 bits per heavy atom. The number of nitrogens with one attached hydrogen (secondary N) is 1. The summed E-state index contributed by atoms with van der Waals surface area (Å²) in [4.78, 5) is 26.2. The Labute approximate surface area is 197 Å². The minimum Gasteiger partial charge on any atom is -0.465 e. The lowest BCUT2D eigenvalue weighted by Gasteiger charge is -2.27. The Hall–Kier alpha value is -3.79. The topological polar surface area (TPSA) is 111 Å². The fraction of sp³-hybridized carbons (Fsp3) is 0.375. The van der Waals surface area contributed by atoms with Crippen LogP contribution < -0.4 is 10.2 Å². The Balaban J connectivity index is 1.38. The predicted octanol–water partition coefficient (Wildman–Crippen LogP) is 2.47. The number of esters is 1. The number of anilines is 2. The van der Waals surface area contributed by atoms with Gasteiger partial charge in [0, 0.05) is 30.9 Å². The predicted molar refractivity (Wildman–Crippen MR) is 126 cm³/mol. The number of morpholine rings is 1. The molecule has 3 aromatic rings. The quantitative estimate of drug-likeness (QED) is 0.531. The lowest BCUT2D eigenvalue weighted by atomic mass is 10.1. The van der Waals surface area contributed by atoms with Gasteiger partial charge in [0.1, 0.15) is 0 Å². The summed E-state index contributed by atoms with van der Waals surface area (Å²) in [5.74, 6) is 0.928. The van der Waals surface area contributed by atoms with Crippen LogP contribution in [0.3, 0.4) is 0 Å². The molecule has 0 spiro atoms. The fourth-order valence-corrected chi connectivity index (χ4v) is 3.92. The number of amides is 1. The summed E-state index contributed by atoms with van der Waals surface area (Å²) in [7, 11) is 1.33. The van der Waals surface area contributed by atoms with Gasteiger partial charge in [-0.25, -0.2) is 9.48 Å². The molecule has 1 aliphatic heterocycles. The highest BCUT2D eigenvalue weighted by Gasteiger charge is 2.17. The summed E-state index contributed by atoms with van der Waals surface area (Å²) in [6.45, 7) is 6.88. The molecular weight excluding hydrogens is 436 g/mol. The van der Waals surface area contributed by atoms with Crippen molar-refractivity contribution in [3.8, 4) is 5.82 Å². The number of carbonyl (C=O) groups excluding carboxylic acids is 2. The summed E-state index contributed by atoms with van der Waals surface area (Å²) in [6.07, 6.45) is 0.844. The van der Waals surface area contributed by atoms with Gasteiger partial charge in [0.25, 0.3) is 0 Å². The van der Waals surface area contributed by atoms with E-state index in [-0.39, 0.29) is 5.91 Å². The molecule has 3 heterocycles. The number of methoxy groups -OCH3 is 1. The minimum absolute atomic E-state index is 0.118. The van der Waals surface area contributed by atoms with E-state index in [0.29, 0.717) is 43.1 Å². The van der Waals surface area contributed by atoms with Crippen molar-refractivity contribution >= 4 is 23.4 Å². The molecule has 1 aromatic carbocycles. The van der Waals surface area contributed by atoms with E-state index in [9.17, 15) is 9.59 Å². The van der Waals surface area contributed by atoms with E-state index in [2.05, 4.69) is 30.2 Å². The van der Waals surface area contributed by atoms with Crippen molar-refractivity contribution in [2.45, 2.75) is 26.7 Å². The summed E-state index contributed by atoms with van der Waals surface area (Å²) in [6, 6.07) is 10.4. The van der Waals surface area contributed by atoms with Crippen LogP contribution in [0.15, 0.2) is 36.4 Å². The average Bonchev–Trinajstić information content (AvgIpc) is 3.16. The van der Waals surface area contributed by atoms with E-state index < -0.39 is 5.97 Å². The fourth-order valence-electron chi connectivity index (χ4n) is 3.92. The molecule has 1 fully saturated rings. The molecule has 4 rings (SSSR count). The number of carbonyl (C=O) groups is 2. The van der Waals surface area contributed by atoms with Gasteiger partial charge in [0.2, 0.25) is 5.91 Å². The lowest BCUT2D eigenvalue weighted by molar-refractivity contribution is -0.116. The third kappa shape index (κ3) is 5.23. The molecule has 10 heteroatoms. The van der Waals surface area contributed by atoms with Gasteiger partial charge in [0.15, 0.2) is 11.6 Å². The van der Waals surface area contributed by atoms with Crippen molar-refractivity contribution in [2.75, 3.05) is 43.6 Å². The molecule has 2 aromatic heterocycles. The van der Waals surface area contributed by atoms with Crippen molar-refractivity contribution in [1.29, 1.82) is 0 Å². The molecule has 1 N–H and O–H groups in total. The van der Waals surface area contributed by atoms with Gasteiger partial charge in [-0.1, -0.05) is 0 Å². The maximum absolute atomic E-state index is 12.5. The largest absolute Gasteiger partial charge is 0.465 e. The number of benzene rings is 1. The van der Waals surface area contributed by atoms with Gasteiger partial charge in [0.05, 0.1) is 31.6 Å². The first kappa shape index (κ1) is 23.4. The smallest absolute Gasteiger partial charge is 0.337 e. The van der Waals surface area contributed by atoms with Crippen LogP contribution in [0.4, 0.5) is 11.5 Å². The summed E-state index contributed by atoms with van der Waals surface area (Å²) in [5.41, 5.74) is 3.85. The number of hydrogen-bond donors (Lipinski definition) is 1. The highest BCUT2D eigenvalue weighted by molar-refractivity contribution is 5.93. The molecule has 1 aliphatic rings. The second-order valence-electron chi connectivity index (χ2n) is 8.03. The first-order chi connectivity index (χ1) is 16.5. The van der Waals surface area contributed by atoms with Crippen molar-refractivity contribution in [2.24, 2.45) is 0 Å². The van der Waals surface area contributed by atoms with Gasteiger partial charge in [-0.05, 0) is 62.2 Å². The van der Waals surface area contributed by atoms with Crippen LogP contribution in [-0.4, -0.2) is 65.3 Å². The highest BCUT2D eigenvalue weighted by Crippen LogP contribution is 2.20. The van der Waals surface area contributed by atoms with Gasteiger partial charge < -0.3 is 19.7 Å². The highest BCUT2D eigenvalue weighted by atomic mass is 16.5. The zero-order valence-electron chi connectivity index (χ0n) is 19.6. The van der Waals surface area contributed by atoms with Crippen molar-refractivity contribution < 1.29 is 19.1 Å². The second-order valence-corrected chi connectivity index (χ2v) is 8.03. The first-order valence-corrected chi connectivity index (χ1v) is 11.2. The molecule has 0 aliphatic carbocycles. The van der Waals surface area contributed by atoms with E-state index in [1.165, 1.54) is 7.11 Å². The van der Waals surface area contributed by atoms with Crippen molar-refractivity contribution in [1.82, 2.24) is 20.0 Å². The molecule has 0 bridgehead atoms. The van der Waals surface area contributed by atoms with E-state index >= 15 is 0 Å². The number of aromatic nitrogens is 4. The van der Waals surface area contributed by atoms with E-state index in [0.717, 1.165) is 35.9 Å². The van der Waals surface area contributed by atoms with Crippen LogP contribution in [0.1, 0.15) is 33.7 Å². The van der Waals surface area contributed by atoms with Crippen LogP contribution in [-0.2, 0) is 20.7 Å². The molecule has 178 valence electrons. The van der Waals surface area contributed by atoms with E-state index in [4.69, 9.17) is 4.74 Å². The zero-order valence-corrected chi connectivity index (χ0v) is 19.6. The Morgan fingerprint density at radius 2 is 1.71 bits per heavy atom. The summed E-state index contributed by atoms with van der Waals surface area (Å²) >= 11 is 0. The lowest BCUT2D eigenvalue weighted by Crippen LogP contribution is -2.36. The number of rotatable bonds is 7. The Bertz CT molecular complexity index is 1150. The average molecular weight is 465 g/mol. The zero-order chi connectivity index (χ0) is 24.1. The Kier molecular flexibility index (Phi) is 7.17. The third-order valence-corrected chi connectivity index (χ3v) is 5.82. The number of nitrogens with zero attached hydrogens (tertiary/aromatic N) is 5. The SMILES string of the molecule is COC(=O)c1ccc(NC(=O)CCc2c(C)nn(-c3ccc(N4CCOCC4)nn3)c2C)cc1. The van der Waals surface area contributed by atoms with Crippen molar-refractivity contribution in [3.63, 3.8) is 0 Å². The summed E-state index contributed by atoms with van der Waals surface area (Å²) in [5, 5.41) is 16.2. The molecule has 34 heavy (non-hydrogen) atoms.